The first-order chi connectivity index (χ1) is 15.8. The van der Waals surface area contributed by atoms with Gasteiger partial charge in [-0.3, -0.25) is 19.4 Å². The molecule has 0 aromatic heterocycles. The molecule has 33 heavy (non-hydrogen) atoms. The average Bonchev–Trinajstić information content (AvgIpc) is 3.04. The first-order valence-corrected chi connectivity index (χ1v) is 10.8. The van der Waals surface area contributed by atoms with Crippen LogP contribution < -0.4 is 10.1 Å². The van der Waals surface area contributed by atoms with Crippen LogP contribution in [0.1, 0.15) is 18.1 Å². The van der Waals surface area contributed by atoms with E-state index in [-0.39, 0.29) is 12.5 Å². The molecule has 1 N–H and O–H groups in total. The van der Waals surface area contributed by atoms with Gasteiger partial charge in [-0.15, -0.1) is 0 Å². The zero-order valence-electron chi connectivity index (χ0n) is 18.7. The predicted molar refractivity (Wildman–Crippen MR) is 119 cm³/mol. The lowest BCUT2D eigenvalue weighted by atomic mass is 9.92. The number of hydrogen-bond donors (Lipinski definition) is 1. The Morgan fingerprint density at radius 1 is 1.03 bits per heavy atom. The molecule has 0 spiro atoms. The number of nitrogens with zero attached hydrogens (tertiary/aromatic N) is 3. The highest BCUT2D eigenvalue weighted by atomic mass is 19.1. The van der Waals surface area contributed by atoms with Crippen LogP contribution in [0.25, 0.3) is 0 Å². The van der Waals surface area contributed by atoms with Gasteiger partial charge in [0.2, 0.25) is 5.91 Å². The van der Waals surface area contributed by atoms with Gasteiger partial charge in [0, 0.05) is 32.7 Å². The van der Waals surface area contributed by atoms with Crippen LogP contribution in [0.2, 0.25) is 0 Å². The van der Waals surface area contributed by atoms with E-state index < -0.39 is 23.3 Å². The average molecular weight is 455 g/mol. The van der Waals surface area contributed by atoms with Crippen molar-refractivity contribution in [3.63, 3.8) is 0 Å². The molecule has 2 aromatic rings. The Labute approximate surface area is 191 Å². The summed E-state index contributed by atoms with van der Waals surface area (Å²) in [5.41, 5.74) is 0.293. The predicted octanol–water partition coefficient (Wildman–Crippen LogP) is 1.95. The van der Waals surface area contributed by atoms with E-state index in [9.17, 15) is 18.8 Å². The minimum absolute atomic E-state index is 0.272. The Hall–Kier alpha value is -3.46. The van der Waals surface area contributed by atoms with Crippen LogP contribution in [0.3, 0.4) is 0 Å². The molecule has 0 aliphatic carbocycles. The first kappa shape index (κ1) is 22.7. The molecule has 0 saturated carbocycles. The fraction of sp³-hybridized carbons (Fsp3) is 0.375. The molecule has 2 aliphatic rings. The summed E-state index contributed by atoms with van der Waals surface area (Å²) in [5, 5.41) is 2.64. The van der Waals surface area contributed by atoms with Crippen LogP contribution in [0, 0.1) is 5.82 Å². The van der Waals surface area contributed by atoms with Gasteiger partial charge >= 0.3 is 6.03 Å². The number of halogens is 1. The number of urea groups is 1. The highest BCUT2D eigenvalue weighted by Gasteiger charge is 2.49. The Morgan fingerprint density at radius 2 is 1.67 bits per heavy atom. The number of benzene rings is 2. The summed E-state index contributed by atoms with van der Waals surface area (Å²) in [6, 6.07) is 12.6. The summed E-state index contributed by atoms with van der Waals surface area (Å²) in [7, 11) is 1.63. The van der Waals surface area contributed by atoms with E-state index in [0.29, 0.717) is 31.7 Å². The summed E-state index contributed by atoms with van der Waals surface area (Å²) in [5.74, 6) is -0.418. The van der Waals surface area contributed by atoms with Crippen molar-refractivity contribution in [1.82, 2.24) is 20.0 Å². The molecular weight excluding hydrogens is 427 g/mol. The Bertz CT molecular complexity index is 1040. The molecule has 174 valence electrons. The number of carbonyl (C=O) groups excluding carboxylic acids is 3. The fourth-order valence-electron chi connectivity index (χ4n) is 4.20. The third kappa shape index (κ3) is 4.68. The zero-order valence-corrected chi connectivity index (χ0v) is 18.7. The fourth-order valence-corrected chi connectivity index (χ4v) is 4.20. The van der Waals surface area contributed by atoms with Gasteiger partial charge in [-0.25, -0.2) is 9.18 Å². The van der Waals surface area contributed by atoms with E-state index in [4.69, 9.17) is 4.74 Å². The topological polar surface area (TPSA) is 82.2 Å². The zero-order chi connectivity index (χ0) is 23.6. The molecule has 2 heterocycles. The molecule has 1 unspecified atom stereocenters. The maximum atomic E-state index is 13.3. The lowest BCUT2D eigenvalue weighted by Crippen LogP contribution is -2.51. The second-order valence-corrected chi connectivity index (χ2v) is 8.46. The molecule has 1 atom stereocenters. The number of ether oxygens (including phenoxy) is 1. The van der Waals surface area contributed by atoms with Crippen LogP contribution >= 0.6 is 0 Å². The number of nitrogens with one attached hydrogen (secondary N) is 1. The van der Waals surface area contributed by atoms with E-state index >= 15 is 0 Å². The van der Waals surface area contributed by atoms with Crippen molar-refractivity contribution in [3.05, 3.63) is 65.5 Å². The number of rotatable bonds is 6. The smallest absolute Gasteiger partial charge is 0.325 e. The lowest BCUT2D eigenvalue weighted by Gasteiger charge is -2.35. The second-order valence-electron chi connectivity index (χ2n) is 8.46. The first-order valence-electron chi connectivity index (χ1n) is 10.8. The molecule has 0 radical (unpaired) electrons. The van der Waals surface area contributed by atoms with Gasteiger partial charge in [0.25, 0.3) is 5.91 Å². The Morgan fingerprint density at radius 3 is 2.27 bits per heavy atom. The van der Waals surface area contributed by atoms with Gasteiger partial charge < -0.3 is 15.0 Å². The van der Waals surface area contributed by atoms with Gasteiger partial charge in [0.1, 0.15) is 23.7 Å². The largest absolute Gasteiger partial charge is 0.497 e. The maximum absolute atomic E-state index is 13.3. The minimum Gasteiger partial charge on any atom is -0.497 e. The number of carbonyl (C=O) groups is 3. The minimum atomic E-state index is -1.33. The number of methoxy groups -OCH3 is 1. The number of hydrogen-bond acceptors (Lipinski definition) is 5. The lowest BCUT2D eigenvalue weighted by molar-refractivity contribution is -0.139. The van der Waals surface area contributed by atoms with E-state index in [2.05, 4.69) is 10.2 Å². The van der Waals surface area contributed by atoms with Gasteiger partial charge in [0.05, 0.1) is 7.11 Å². The highest BCUT2D eigenvalue weighted by molar-refractivity contribution is 6.09. The van der Waals surface area contributed by atoms with Crippen molar-refractivity contribution in [2.45, 2.75) is 19.0 Å². The van der Waals surface area contributed by atoms with Crippen molar-refractivity contribution in [1.29, 1.82) is 0 Å². The monoisotopic (exact) mass is 454 g/mol. The van der Waals surface area contributed by atoms with Gasteiger partial charge in [-0.2, -0.15) is 0 Å². The molecule has 2 fully saturated rings. The van der Waals surface area contributed by atoms with Crippen LogP contribution in [0.15, 0.2) is 48.5 Å². The Balaban J connectivity index is 1.32. The van der Waals surface area contributed by atoms with E-state index in [1.54, 1.807) is 18.9 Å². The number of imide groups is 1. The maximum Gasteiger partial charge on any atom is 0.325 e. The molecule has 8 nitrogen and oxygen atoms in total. The molecule has 9 heteroatoms. The standard InChI is InChI=1S/C24H27FN4O4/c1-24(18-5-7-19(25)8-6-18)22(31)29(23(32)26-24)16-21(30)28-13-11-27(12-14-28)15-17-3-9-20(33-2)10-4-17/h3-10H,11-16H2,1-2H3,(H,26,32). The van der Waals surface area contributed by atoms with Gasteiger partial charge in [-0.1, -0.05) is 24.3 Å². The summed E-state index contributed by atoms with van der Waals surface area (Å²) in [4.78, 5) is 43.2. The van der Waals surface area contributed by atoms with Crippen LogP contribution in [-0.4, -0.2) is 72.4 Å². The third-order valence-corrected chi connectivity index (χ3v) is 6.28. The van der Waals surface area contributed by atoms with Crippen molar-refractivity contribution in [2.24, 2.45) is 0 Å². The molecule has 4 amide bonds. The van der Waals surface area contributed by atoms with Gasteiger partial charge in [-0.05, 0) is 42.3 Å². The van der Waals surface area contributed by atoms with Crippen LogP contribution in [0.4, 0.5) is 9.18 Å². The summed E-state index contributed by atoms with van der Waals surface area (Å²) in [6.45, 7) is 4.45. The molecule has 0 bridgehead atoms. The second kappa shape index (κ2) is 9.19. The van der Waals surface area contributed by atoms with Crippen molar-refractivity contribution < 1.29 is 23.5 Å². The van der Waals surface area contributed by atoms with E-state index in [0.717, 1.165) is 22.8 Å². The molecule has 2 aromatic carbocycles. The van der Waals surface area contributed by atoms with Crippen LogP contribution in [0.5, 0.6) is 5.75 Å². The van der Waals surface area contributed by atoms with Crippen LogP contribution in [-0.2, 0) is 21.7 Å². The molecule has 4 rings (SSSR count). The van der Waals surface area contributed by atoms with E-state index in [1.165, 1.54) is 24.3 Å². The molecular formula is C24H27FN4O4. The quantitative estimate of drug-likeness (QED) is 0.675. The molecule has 2 aliphatic heterocycles. The number of piperazine rings is 1. The Kier molecular flexibility index (Phi) is 6.33. The van der Waals surface area contributed by atoms with Gasteiger partial charge in [0.15, 0.2) is 0 Å². The summed E-state index contributed by atoms with van der Waals surface area (Å²) >= 11 is 0. The normalized spacial score (nSPS) is 21.3. The summed E-state index contributed by atoms with van der Waals surface area (Å²) < 4.78 is 18.4. The van der Waals surface area contributed by atoms with Crippen molar-refractivity contribution in [3.8, 4) is 5.75 Å². The van der Waals surface area contributed by atoms with Crippen molar-refractivity contribution >= 4 is 17.8 Å². The molecule has 2 saturated heterocycles. The van der Waals surface area contributed by atoms with E-state index in [1.807, 2.05) is 24.3 Å². The SMILES string of the molecule is COc1ccc(CN2CCN(C(=O)CN3C(=O)NC(C)(c4ccc(F)cc4)C3=O)CC2)cc1. The van der Waals surface area contributed by atoms with Crippen molar-refractivity contribution in [2.75, 3.05) is 39.8 Å². The summed E-state index contributed by atoms with van der Waals surface area (Å²) in [6.07, 6.45) is 0. The highest BCUT2D eigenvalue weighted by Crippen LogP contribution is 2.29. The third-order valence-electron chi connectivity index (χ3n) is 6.28. The number of amides is 4.